The number of nitrogens with zero attached hydrogens (tertiary/aromatic N) is 3. The average Bonchev–Trinajstić information content (AvgIpc) is 2.70. The molecular weight excluding hydrogens is 278 g/mol. The van der Waals surface area contributed by atoms with Gasteiger partial charge in [-0.2, -0.15) is 0 Å². The van der Waals surface area contributed by atoms with Crippen LogP contribution in [0.1, 0.15) is 32.4 Å². The van der Waals surface area contributed by atoms with Gasteiger partial charge >= 0.3 is 0 Å². The number of likely N-dealkylation sites (tertiary alicyclic amines) is 1. The molecule has 0 N–H and O–H groups in total. The van der Waals surface area contributed by atoms with E-state index >= 15 is 0 Å². The topological polar surface area (TPSA) is 45.7 Å². The van der Waals surface area contributed by atoms with E-state index in [1.54, 1.807) is 0 Å². The van der Waals surface area contributed by atoms with Crippen molar-refractivity contribution in [3.63, 3.8) is 0 Å². The Bertz CT molecular complexity index is 506. The molecule has 0 radical (unpaired) electrons. The maximum atomic E-state index is 12.2. The van der Waals surface area contributed by atoms with Crippen LogP contribution in [-0.4, -0.2) is 58.6 Å². The van der Waals surface area contributed by atoms with Gasteiger partial charge in [0.05, 0.1) is 17.8 Å². The average molecular weight is 303 g/mol. The molecule has 3 rings (SSSR count). The Kier molecular flexibility index (Phi) is 4.74. The smallest absolute Gasteiger partial charge is 0.249 e. The van der Waals surface area contributed by atoms with E-state index in [0.717, 1.165) is 38.2 Å². The predicted octanol–water partition coefficient (Wildman–Crippen LogP) is 1.68. The summed E-state index contributed by atoms with van der Waals surface area (Å²) in [5.41, 5.74) is 1.10. The molecule has 0 aliphatic carbocycles. The summed E-state index contributed by atoms with van der Waals surface area (Å²) in [6.07, 6.45) is 3.97. The van der Waals surface area contributed by atoms with Crippen molar-refractivity contribution < 1.29 is 9.53 Å². The molecule has 0 bridgehead atoms. The summed E-state index contributed by atoms with van der Waals surface area (Å²) in [5.74, 6) is 0.134. The number of rotatable bonds is 3. The van der Waals surface area contributed by atoms with Gasteiger partial charge in [0.1, 0.15) is 6.61 Å². The zero-order chi connectivity index (χ0) is 15.5. The van der Waals surface area contributed by atoms with Crippen LogP contribution in [0.25, 0.3) is 0 Å². The minimum absolute atomic E-state index is 0.134. The highest BCUT2D eigenvalue weighted by molar-refractivity contribution is 5.78. The molecule has 0 spiro atoms. The SMILES string of the molecule is CC(C)N1C(=O)CO[C@H]2CCN(Cc3ccccn3)CC[C@@H]21. The molecule has 2 atom stereocenters. The van der Waals surface area contributed by atoms with Crippen LogP contribution in [0.4, 0.5) is 0 Å². The second kappa shape index (κ2) is 6.75. The van der Waals surface area contributed by atoms with E-state index in [-0.39, 0.29) is 30.7 Å². The monoisotopic (exact) mass is 303 g/mol. The lowest BCUT2D eigenvalue weighted by Crippen LogP contribution is -2.56. The van der Waals surface area contributed by atoms with E-state index in [9.17, 15) is 4.79 Å². The molecular formula is C17H25N3O2. The highest BCUT2D eigenvalue weighted by Crippen LogP contribution is 2.26. The maximum absolute atomic E-state index is 12.2. The van der Waals surface area contributed by atoms with Crippen molar-refractivity contribution in [1.29, 1.82) is 0 Å². The van der Waals surface area contributed by atoms with Crippen molar-refractivity contribution >= 4 is 5.91 Å². The number of amides is 1. The Balaban J connectivity index is 1.67. The Morgan fingerprint density at radius 2 is 2.14 bits per heavy atom. The van der Waals surface area contributed by atoms with Gasteiger partial charge in [-0.25, -0.2) is 0 Å². The quantitative estimate of drug-likeness (QED) is 0.852. The lowest BCUT2D eigenvalue weighted by Gasteiger charge is -2.42. The number of morpholine rings is 1. The first kappa shape index (κ1) is 15.4. The van der Waals surface area contributed by atoms with Gasteiger partial charge in [0.25, 0.3) is 0 Å². The number of fused-ring (bicyclic) bond motifs is 1. The van der Waals surface area contributed by atoms with Crippen molar-refractivity contribution in [2.45, 2.75) is 51.4 Å². The summed E-state index contributed by atoms with van der Waals surface area (Å²) in [4.78, 5) is 21.0. The van der Waals surface area contributed by atoms with Crippen LogP contribution in [0.2, 0.25) is 0 Å². The Hall–Kier alpha value is -1.46. The number of hydrogen-bond donors (Lipinski definition) is 0. The second-order valence-corrected chi connectivity index (χ2v) is 6.49. The van der Waals surface area contributed by atoms with Gasteiger partial charge < -0.3 is 9.64 Å². The maximum Gasteiger partial charge on any atom is 0.249 e. The minimum atomic E-state index is 0.134. The lowest BCUT2D eigenvalue weighted by molar-refractivity contribution is -0.160. The zero-order valence-electron chi connectivity index (χ0n) is 13.4. The fourth-order valence-corrected chi connectivity index (χ4v) is 3.61. The molecule has 5 heteroatoms. The molecule has 22 heavy (non-hydrogen) atoms. The van der Waals surface area contributed by atoms with Crippen molar-refractivity contribution in [3.8, 4) is 0 Å². The third-order valence-electron chi connectivity index (χ3n) is 4.63. The third-order valence-corrected chi connectivity index (χ3v) is 4.63. The van der Waals surface area contributed by atoms with Crippen LogP contribution in [-0.2, 0) is 16.1 Å². The van der Waals surface area contributed by atoms with E-state index in [4.69, 9.17) is 4.74 Å². The first-order valence-corrected chi connectivity index (χ1v) is 8.20. The third kappa shape index (κ3) is 3.31. The molecule has 2 fully saturated rings. The Labute approximate surface area is 132 Å². The number of aromatic nitrogens is 1. The highest BCUT2D eigenvalue weighted by atomic mass is 16.5. The molecule has 2 aliphatic heterocycles. The largest absolute Gasteiger partial charge is 0.366 e. The van der Waals surface area contributed by atoms with Crippen molar-refractivity contribution in [1.82, 2.24) is 14.8 Å². The Morgan fingerprint density at radius 3 is 2.86 bits per heavy atom. The van der Waals surface area contributed by atoms with Gasteiger partial charge in [-0.05, 0) is 38.8 Å². The van der Waals surface area contributed by atoms with Gasteiger partial charge in [-0.15, -0.1) is 0 Å². The summed E-state index contributed by atoms with van der Waals surface area (Å²) in [5, 5.41) is 0. The van der Waals surface area contributed by atoms with E-state index < -0.39 is 0 Å². The molecule has 1 amide bonds. The van der Waals surface area contributed by atoms with Crippen LogP contribution in [0.5, 0.6) is 0 Å². The molecule has 5 nitrogen and oxygen atoms in total. The summed E-state index contributed by atoms with van der Waals surface area (Å²) in [6, 6.07) is 6.50. The van der Waals surface area contributed by atoms with Crippen LogP contribution in [0, 0.1) is 0 Å². The van der Waals surface area contributed by atoms with Crippen molar-refractivity contribution in [2.75, 3.05) is 19.7 Å². The normalized spacial score (nSPS) is 26.9. The number of carbonyl (C=O) groups is 1. The molecule has 2 saturated heterocycles. The number of pyridine rings is 1. The van der Waals surface area contributed by atoms with Gasteiger partial charge in [-0.1, -0.05) is 6.07 Å². The fourth-order valence-electron chi connectivity index (χ4n) is 3.61. The van der Waals surface area contributed by atoms with Crippen molar-refractivity contribution in [2.24, 2.45) is 0 Å². The highest BCUT2D eigenvalue weighted by Gasteiger charge is 2.39. The molecule has 0 saturated carbocycles. The van der Waals surface area contributed by atoms with Crippen LogP contribution in [0.15, 0.2) is 24.4 Å². The molecule has 0 unspecified atom stereocenters. The summed E-state index contributed by atoms with van der Waals surface area (Å²) in [6.45, 7) is 7.28. The van der Waals surface area contributed by atoms with E-state index in [2.05, 4.69) is 29.8 Å². The van der Waals surface area contributed by atoms with Crippen molar-refractivity contribution in [3.05, 3.63) is 30.1 Å². The number of ether oxygens (including phenoxy) is 1. The summed E-state index contributed by atoms with van der Waals surface area (Å²) >= 11 is 0. The second-order valence-electron chi connectivity index (χ2n) is 6.49. The fraction of sp³-hybridized carbons (Fsp3) is 0.647. The summed E-state index contributed by atoms with van der Waals surface area (Å²) < 4.78 is 5.82. The van der Waals surface area contributed by atoms with Gasteiger partial charge in [0.2, 0.25) is 5.91 Å². The van der Waals surface area contributed by atoms with Gasteiger partial charge in [-0.3, -0.25) is 14.7 Å². The van der Waals surface area contributed by atoms with Crippen LogP contribution >= 0.6 is 0 Å². The van der Waals surface area contributed by atoms with E-state index in [1.165, 1.54) is 0 Å². The molecule has 1 aromatic rings. The number of carbonyl (C=O) groups excluding carboxylic acids is 1. The van der Waals surface area contributed by atoms with Gasteiger partial charge in [0, 0.05) is 31.9 Å². The molecule has 120 valence electrons. The predicted molar refractivity (Wildman–Crippen MR) is 84.3 cm³/mol. The molecule has 3 heterocycles. The minimum Gasteiger partial charge on any atom is -0.366 e. The number of hydrogen-bond acceptors (Lipinski definition) is 4. The zero-order valence-corrected chi connectivity index (χ0v) is 13.4. The van der Waals surface area contributed by atoms with Gasteiger partial charge in [0.15, 0.2) is 0 Å². The van der Waals surface area contributed by atoms with Crippen LogP contribution in [0.3, 0.4) is 0 Å². The first-order valence-electron chi connectivity index (χ1n) is 8.20. The first-order chi connectivity index (χ1) is 10.6. The standard InChI is InChI=1S/C17H25N3O2/c1-13(2)20-15-6-9-19(11-14-5-3-4-8-18-14)10-7-16(15)22-12-17(20)21/h3-5,8,13,15-16H,6-7,9-12H2,1-2H3/t15-,16-/m0/s1. The van der Waals surface area contributed by atoms with Crippen LogP contribution < -0.4 is 0 Å². The molecule has 0 aromatic carbocycles. The van der Waals surface area contributed by atoms with E-state index in [1.807, 2.05) is 23.2 Å². The van der Waals surface area contributed by atoms with E-state index in [0.29, 0.717) is 0 Å². The lowest BCUT2D eigenvalue weighted by atomic mass is 10.0. The molecule has 1 aromatic heterocycles. The Morgan fingerprint density at radius 1 is 1.32 bits per heavy atom. The summed E-state index contributed by atoms with van der Waals surface area (Å²) in [7, 11) is 0. The molecule has 2 aliphatic rings.